The van der Waals surface area contributed by atoms with Gasteiger partial charge in [-0.1, -0.05) is 12.1 Å². The molecule has 22 heavy (non-hydrogen) atoms. The van der Waals surface area contributed by atoms with E-state index in [0.717, 1.165) is 11.5 Å². The lowest BCUT2D eigenvalue weighted by Gasteiger charge is -2.27. The molecule has 0 unspecified atom stereocenters. The lowest BCUT2D eigenvalue weighted by atomic mass is 10.2. The van der Waals surface area contributed by atoms with Crippen LogP contribution in [0.3, 0.4) is 0 Å². The molecule has 6 nitrogen and oxygen atoms in total. The Morgan fingerprint density at radius 3 is 2.86 bits per heavy atom. The molecule has 0 radical (unpaired) electrons. The van der Waals surface area contributed by atoms with Crippen LogP contribution in [0, 0.1) is 0 Å². The van der Waals surface area contributed by atoms with Crippen molar-refractivity contribution in [3.63, 3.8) is 0 Å². The summed E-state index contributed by atoms with van der Waals surface area (Å²) in [4.78, 5) is 13.6. The van der Waals surface area contributed by atoms with Crippen LogP contribution >= 0.6 is 0 Å². The number of benzene rings is 1. The number of carbonyl (C=O) groups excluding carboxylic acids is 1. The van der Waals surface area contributed by atoms with E-state index in [1.807, 2.05) is 30.3 Å². The highest BCUT2D eigenvalue weighted by Crippen LogP contribution is 2.30. The van der Waals surface area contributed by atoms with Crippen molar-refractivity contribution < 1.29 is 18.7 Å². The fourth-order valence-electron chi connectivity index (χ4n) is 2.21. The maximum atomic E-state index is 12.0. The summed E-state index contributed by atoms with van der Waals surface area (Å²) in [6, 6.07) is 10.9. The maximum Gasteiger partial charge on any atom is 0.317 e. The number of ether oxygens (including phenoxy) is 2. The Morgan fingerprint density at radius 1 is 1.27 bits per heavy atom. The van der Waals surface area contributed by atoms with E-state index < -0.39 is 0 Å². The molecule has 0 aliphatic carbocycles. The summed E-state index contributed by atoms with van der Waals surface area (Å²) in [7, 11) is 1.71. The number of para-hydroxylation sites is 2. The largest absolute Gasteiger partial charge is 0.486 e. The minimum Gasteiger partial charge on any atom is -0.486 e. The summed E-state index contributed by atoms with van der Waals surface area (Å²) < 4.78 is 16.6. The van der Waals surface area contributed by atoms with Crippen molar-refractivity contribution in [2.24, 2.45) is 0 Å². The number of hydrogen-bond donors (Lipinski definition) is 1. The molecule has 1 aromatic carbocycles. The van der Waals surface area contributed by atoms with Crippen LogP contribution in [0.2, 0.25) is 0 Å². The first-order chi connectivity index (χ1) is 10.7. The van der Waals surface area contributed by atoms with E-state index in [2.05, 4.69) is 5.32 Å². The van der Waals surface area contributed by atoms with Crippen molar-refractivity contribution in [3.8, 4) is 11.5 Å². The first kappa shape index (κ1) is 14.3. The van der Waals surface area contributed by atoms with Crippen LogP contribution in [0.1, 0.15) is 5.76 Å². The van der Waals surface area contributed by atoms with E-state index >= 15 is 0 Å². The van der Waals surface area contributed by atoms with Crippen LogP contribution in [-0.4, -0.2) is 37.2 Å². The minimum absolute atomic E-state index is 0.182. The van der Waals surface area contributed by atoms with Gasteiger partial charge in [-0.3, -0.25) is 0 Å². The van der Waals surface area contributed by atoms with Gasteiger partial charge in [-0.05, 0) is 24.3 Å². The number of carbonyl (C=O) groups is 1. The van der Waals surface area contributed by atoms with Gasteiger partial charge in [0.2, 0.25) is 0 Å². The highest BCUT2D eigenvalue weighted by atomic mass is 16.6. The summed E-state index contributed by atoms with van der Waals surface area (Å²) in [6.07, 6.45) is 1.39. The van der Waals surface area contributed by atoms with E-state index in [4.69, 9.17) is 13.9 Å². The van der Waals surface area contributed by atoms with Gasteiger partial charge in [-0.15, -0.1) is 0 Å². The average molecular weight is 302 g/mol. The molecule has 1 aromatic heterocycles. The number of nitrogens with zero attached hydrogens (tertiary/aromatic N) is 1. The Balaban J connectivity index is 1.47. The topological polar surface area (TPSA) is 63.9 Å². The zero-order valence-electron chi connectivity index (χ0n) is 12.3. The van der Waals surface area contributed by atoms with E-state index in [-0.39, 0.29) is 12.1 Å². The molecular formula is C16H18N2O4. The lowest BCUT2D eigenvalue weighted by molar-refractivity contribution is 0.0903. The second kappa shape index (κ2) is 6.43. The molecule has 2 aromatic rings. The van der Waals surface area contributed by atoms with Crippen molar-refractivity contribution in [3.05, 3.63) is 48.4 Å². The molecule has 0 spiro atoms. The quantitative estimate of drug-likeness (QED) is 0.941. The monoisotopic (exact) mass is 302 g/mol. The van der Waals surface area contributed by atoms with Gasteiger partial charge in [0.1, 0.15) is 12.4 Å². The average Bonchev–Trinajstić information content (AvgIpc) is 3.05. The molecule has 2 amide bonds. The number of furan rings is 1. The number of hydrogen-bond acceptors (Lipinski definition) is 4. The Kier molecular flexibility index (Phi) is 4.18. The van der Waals surface area contributed by atoms with Crippen molar-refractivity contribution in [1.82, 2.24) is 10.2 Å². The molecule has 0 saturated heterocycles. The van der Waals surface area contributed by atoms with Crippen LogP contribution in [0.25, 0.3) is 0 Å². The number of amides is 2. The summed E-state index contributed by atoms with van der Waals surface area (Å²) in [6.45, 7) is 1.22. The van der Waals surface area contributed by atoms with E-state index in [9.17, 15) is 4.79 Å². The molecule has 0 bridgehead atoms. The minimum atomic E-state index is -0.198. The van der Waals surface area contributed by atoms with Crippen molar-refractivity contribution in [2.75, 3.05) is 20.2 Å². The Labute approximate surface area is 128 Å². The Hall–Kier alpha value is -2.63. The second-order valence-electron chi connectivity index (χ2n) is 5.12. The molecular weight excluding hydrogens is 284 g/mol. The molecule has 1 N–H and O–H groups in total. The fourth-order valence-corrected chi connectivity index (χ4v) is 2.21. The zero-order chi connectivity index (χ0) is 15.4. The normalized spacial score (nSPS) is 16.1. The smallest absolute Gasteiger partial charge is 0.317 e. The van der Waals surface area contributed by atoms with Gasteiger partial charge in [0.15, 0.2) is 17.6 Å². The van der Waals surface area contributed by atoms with Gasteiger partial charge in [0.05, 0.1) is 19.4 Å². The summed E-state index contributed by atoms with van der Waals surface area (Å²) in [5.41, 5.74) is 0. The highest BCUT2D eigenvalue weighted by molar-refractivity contribution is 5.73. The first-order valence-corrected chi connectivity index (χ1v) is 7.12. The lowest BCUT2D eigenvalue weighted by Crippen LogP contribution is -2.44. The predicted octanol–water partition coefficient (Wildman–Crippen LogP) is 2.26. The van der Waals surface area contributed by atoms with Crippen LogP contribution < -0.4 is 14.8 Å². The van der Waals surface area contributed by atoms with Crippen LogP contribution in [0.15, 0.2) is 47.1 Å². The molecule has 1 atom stereocenters. The van der Waals surface area contributed by atoms with Crippen molar-refractivity contribution >= 4 is 6.03 Å². The van der Waals surface area contributed by atoms with Crippen LogP contribution in [-0.2, 0) is 6.54 Å². The standard InChI is InChI=1S/C16H18N2O4/c1-18(10-12-5-4-8-20-12)16(19)17-9-13-11-21-14-6-2-3-7-15(14)22-13/h2-8,13H,9-11H2,1H3,(H,17,19)/t13-/m1/s1. The molecule has 1 aliphatic rings. The van der Waals surface area contributed by atoms with Gasteiger partial charge in [-0.25, -0.2) is 4.79 Å². The highest BCUT2D eigenvalue weighted by Gasteiger charge is 2.21. The van der Waals surface area contributed by atoms with Gasteiger partial charge in [0, 0.05) is 7.05 Å². The molecule has 0 saturated carbocycles. The SMILES string of the molecule is CN(Cc1ccco1)C(=O)NC[C@@H]1COc2ccccc2O1. The van der Waals surface area contributed by atoms with E-state index in [1.54, 1.807) is 24.3 Å². The Morgan fingerprint density at radius 2 is 2.09 bits per heavy atom. The van der Waals surface area contributed by atoms with Gasteiger partial charge in [-0.2, -0.15) is 0 Å². The van der Waals surface area contributed by atoms with Gasteiger partial charge < -0.3 is 24.1 Å². The molecule has 0 fully saturated rings. The third kappa shape index (κ3) is 3.33. The molecule has 116 valence electrons. The molecule has 3 rings (SSSR count). The van der Waals surface area contributed by atoms with E-state index in [1.165, 1.54) is 0 Å². The van der Waals surface area contributed by atoms with Crippen LogP contribution in [0.5, 0.6) is 11.5 Å². The zero-order valence-corrected chi connectivity index (χ0v) is 12.3. The number of rotatable bonds is 4. The predicted molar refractivity (Wildman–Crippen MR) is 79.9 cm³/mol. The molecule has 6 heteroatoms. The van der Waals surface area contributed by atoms with Crippen molar-refractivity contribution in [1.29, 1.82) is 0 Å². The number of urea groups is 1. The summed E-state index contributed by atoms with van der Waals surface area (Å²) in [5, 5.41) is 2.84. The van der Waals surface area contributed by atoms with Crippen LogP contribution in [0.4, 0.5) is 4.79 Å². The third-order valence-corrected chi connectivity index (χ3v) is 3.37. The molecule has 1 aliphatic heterocycles. The second-order valence-corrected chi connectivity index (χ2v) is 5.12. The summed E-state index contributed by atoms with van der Waals surface area (Å²) >= 11 is 0. The third-order valence-electron chi connectivity index (χ3n) is 3.37. The first-order valence-electron chi connectivity index (χ1n) is 7.12. The van der Waals surface area contributed by atoms with E-state index in [0.29, 0.717) is 25.4 Å². The Bertz CT molecular complexity index is 627. The fraction of sp³-hybridized carbons (Fsp3) is 0.312. The maximum absolute atomic E-state index is 12.0. The van der Waals surface area contributed by atoms with Gasteiger partial charge >= 0.3 is 6.03 Å². The number of nitrogens with one attached hydrogen (secondary N) is 1. The summed E-state index contributed by atoms with van der Waals surface area (Å²) in [5.74, 6) is 2.18. The van der Waals surface area contributed by atoms with Gasteiger partial charge in [0.25, 0.3) is 0 Å². The molecule has 2 heterocycles. The number of fused-ring (bicyclic) bond motifs is 1. The van der Waals surface area contributed by atoms with Crippen molar-refractivity contribution in [2.45, 2.75) is 12.6 Å².